The Kier molecular flexibility index (Phi) is 7.25. The van der Waals surface area contributed by atoms with E-state index in [0.29, 0.717) is 36.2 Å². The zero-order valence-electron chi connectivity index (χ0n) is 18.0. The van der Waals surface area contributed by atoms with Gasteiger partial charge in [-0.15, -0.1) is 0 Å². The number of ether oxygens (including phenoxy) is 2. The first-order chi connectivity index (χ1) is 16.2. The Bertz CT molecular complexity index is 1200. The van der Waals surface area contributed by atoms with E-state index in [0.717, 1.165) is 29.8 Å². The van der Waals surface area contributed by atoms with Gasteiger partial charge >= 0.3 is 0 Å². The minimum absolute atomic E-state index is 0.0676. The van der Waals surface area contributed by atoms with Gasteiger partial charge in [0.1, 0.15) is 17.9 Å². The smallest absolute Gasteiger partial charge is 0.227 e. The molecule has 33 heavy (non-hydrogen) atoms. The molecule has 2 aromatic carbocycles. The van der Waals surface area contributed by atoms with Gasteiger partial charge in [-0.05, 0) is 54.7 Å². The van der Waals surface area contributed by atoms with Gasteiger partial charge in [-0.2, -0.15) is 5.26 Å². The van der Waals surface area contributed by atoms with Crippen LogP contribution >= 0.6 is 0 Å². The maximum absolute atomic E-state index is 9.65. The lowest BCUT2D eigenvalue weighted by molar-refractivity contribution is 0.0254. The van der Waals surface area contributed by atoms with Crippen LogP contribution < -0.4 is 15.8 Å². The van der Waals surface area contributed by atoms with Crippen LogP contribution in [0.25, 0.3) is 11.3 Å². The number of aromatic nitrogens is 2. The number of hydrogen-bond acceptors (Lipinski definition) is 8. The summed E-state index contributed by atoms with van der Waals surface area (Å²) < 4.78 is 11.4. The predicted octanol–water partition coefficient (Wildman–Crippen LogP) is 4.49. The molecule has 0 unspecified atom stereocenters. The number of aliphatic imine (C=N–C) groups is 1. The molecule has 3 N–H and O–H groups in total. The summed E-state index contributed by atoms with van der Waals surface area (Å²) in [5.74, 6) is 1.03. The van der Waals surface area contributed by atoms with Crippen molar-refractivity contribution in [1.82, 2.24) is 9.97 Å². The molecular formula is C25H24N6O2. The monoisotopic (exact) mass is 440 g/mol. The van der Waals surface area contributed by atoms with Gasteiger partial charge in [0, 0.05) is 36.5 Å². The summed E-state index contributed by atoms with van der Waals surface area (Å²) in [5, 5.41) is 12.8. The Morgan fingerprint density at radius 1 is 1.18 bits per heavy atom. The fraction of sp³-hybridized carbons (Fsp3) is 0.200. The third kappa shape index (κ3) is 5.93. The maximum atomic E-state index is 9.65. The number of allylic oxidation sites excluding steroid dienone is 1. The van der Waals surface area contributed by atoms with E-state index < -0.39 is 0 Å². The maximum Gasteiger partial charge on any atom is 0.227 e. The third-order valence-corrected chi connectivity index (χ3v) is 5.04. The summed E-state index contributed by atoms with van der Waals surface area (Å²) in [4.78, 5) is 13.2. The first-order valence-corrected chi connectivity index (χ1v) is 10.6. The molecule has 3 aromatic rings. The average molecular weight is 441 g/mol. The topological polar surface area (TPSA) is 118 Å². The van der Waals surface area contributed by atoms with E-state index >= 15 is 0 Å². The van der Waals surface area contributed by atoms with Crippen LogP contribution in [0.4, 0.5) is 17.3 Å². The molecule has 0 spiro atoms. The molecule has 1 aromatic heterocycles. The molecule has 0 amide bonds. The lowest BCUT2D eigenvalue weighted by Gasteiger charge is -2.23. The number of nitriles is 1. The normalized spacial score (nSPS) is 14.4. The Hall–Kier alpha value is -4.22. The number of nitrogens with two attached hydrogens (primary N) is 1. The zero-order valence-corrected chi connectivity index (χ0v) is 18.0. The fourth-order valence-electron chi connectivity index (χ4n) is 3.40. The molecule has 2 heterocycles. The van der Waals surface area contributed by atoms with Crippen LogP contribution in [0.5, 0.6) is 5.75 Å². The molecule has 0 bridgehead atoms. The van der Waals surface area contributed by atoms with E-state index in [9.17, 15) is 5.26 Å². The van der Waals surface area contributed by atoms with Gasteiger partial charge in [0.05, 0.1) is 30.2 Å². The molecule has 8 nitrogen and oxygen atoms in total. The molecule has 0 atom stereocenters. The summed E-state index contributed by atoms with van der Waals surface area (Å²) in [6.45, 7) is 1.36. The van der Waals surface area contributed by atoms with Gasteiger partial charge in [-0.1, -0.05) is 6.07 Å². The van der Waals surface area contributed by atoms with E-state index in [2.05, 4.69) is 26.3 Å². The Balaban J connectivity index is 1.52. The van der Waals surface area contributed by atoms with Crippen LogP contribution in [0.1, 0.15) is 18.4 Å². The first-order valence-electron chi connectivity index (χ1n) is 10.6. The van der Waals surface area contributed by atoms with Gasteiger partial charge in [0.15, 0.2) is 0 Å². The summed E-state index contributed by atoms with van der Waals surface area (Å²) in [6, 6.07) is 17.1. The molecular weight excluding hydrogens is 416 g/mol. The van der Waals surface area contributed by atoms with Gasteiger partial charge in [-0.3, -0.25) is 4.99 Å². The summed E-state index contributed by atoms with van der Waals surface area (Å²) in [5.41, 5.74) is 8.88. The summed E-state index contributed by atoms with van der Waals surface area (Å²) >= 11 is 0. The van der Waals surface area contributed by atoms with Gasteiger partial charge in [-0.25, -0.2) is 9.97 Å². The Morgan fingerprint density at radius 2 is 2.06 bits per heavy atom. The molecule has 8 heteroatoms. The van der Waals surface area contributed by atoms with Crippen molar-refractivity contribution in [3.05, 3.63) is 72.6 Å². The van der Waals surface area contributed by atoms with Crippen LogP contribution in [0.2, 0.25) is 0 Å². The van der Waals surface area contributed by atoms with Gasteiger partial charge in [0.25, 0.3) is 0 Å². The highest BCUT2D eigenvalue weighted by Crippen LogP contribution is 2.28. The van der Waals surface area contributed by atoms with E-state index in [1.807, 2.05) is 36.4 Å². The summed E-state index contributed by atoms with van der Waals surface area (Å²) in [7, 11) is 0. The highest BCUT2D eigenvalue weighted by atomic mass is 16.5. The second kappa shape index (κ2) is 10.9. The van der Waals surface area contributed by atoms with E-state index in [1.165, 1.54) is 6.20 Å². The van der Waals surface area contributed by atoms with Crippen molar-refractivity contribution in [2.24, 2.45) is 10.7 Å². The molecule has 0 aliphatic carbocycles. The molecule has 4 rings (SSSR count). The van der Waals surface area contributed by atoms with Crippen molar-refractivity contribution >= 4 is 23.5 Å². The van der Waals surface area contributed by atoms with Crippen molar-refractivity contribution in [2.75, 3.05) is 18.5 Å². The average Bonchev–Trinajstić information content (AvgIpc) is 2.85. The molecule has 0 radical (unpaired) electrons. The van der Waals surface area contributed by atoms with Crippen LogP contribution in [0.3, 0.4) is 0 Å². The second-order valence-electron chi connectivity index (χ2n) is 7.36. The number of hydrogen-bond donors (Lipinski definition) is 2. The molecule has 0 saturated carbocycles. The number of rotatable bonds is 7. The second-order valence-corrected chi connectivity index (χ2v) is 7.36. The van der Waals surface area contributed by atoms with Crippen molar-refractivity contribution in [2.45, 2.75) is 18.9 Å². The van der Waals surface area contributed by atoms with E-state index in [1.54, 1.807) is 30.6 Å². The van der Waals surface area contributed by atoms with E-state index in [-0.39, 0.29) is 6.10 Å². The number of benzene rings is 2. The standard InChI is InChI=1S/C25H24N6O2/c26-10-2-11-28-20-3-1-4-21(16-20)30-25-29-12-7-23(31-25)18-5-6-24(19(15-18)17-27)33-22-8-13-32-14-9-22/h1-7,10-12,15-16,22H,8-9,13-14,26H2,(H,29,30,31). The minimum Gasteiger partial charge on any atom is -0.489 e. The quantitative estimate of drug-likeness (QED) is 0.520. The molecule has 166 valence electrons. The number of anilines is 2. The minimum atomic E-state index is 0.0676. The fourth-order valence-corrected chi connectivity index (χ4v) is 3.40. The lowest BCUT2D eigenvalue weighted by atomic mass is 10.1. The van der Waals surface area contributed by atoms with Crippen LogP contribution in [-0.2, 0) is 4.74 Å². The first kappa shape index (κ1) is 22.0. The van der Waals surface area contributed by atoms with Crippen LogP contribution in [-0.4, -0.2) is 35.5 Å². The van der Waals surface area contributed by atoms with Crippen molar-refractivity contribution in [3.8, 4) is 23.1 Å². The van der Waals surface area contributed by atoms with Crippen molar-refractivity contribution in [3.63, 3.8) is 0 Å². The molecule has 1 aliphatic heterocycles. The molecule has 1 aliphatic rings. The number of nitrogens with one attached hydrogen (secondary N) is 1. The molecule has 1 saturated heterocycles. The van der Waals surface area contributed by atoms with Crippen molar-refractivity contribution < 1.29 is 9.47 Å². The van der Waals surface area contributed by atoms with Gasteiger partial charge < -0.3 is 20.5 Å². The zero-order chi connectivity index (χ0) is 22.9. The van der Waals surface area contributed by atoms with Crippen LogP contribution in [0, 0.1) is 11.3 Å². The Labute approximate surface area is 192 Å². The predicted molar refractivity (Wildman–Crippen MR) is 128 cm³/mol. The highest BCUT2D eigenvalue weighted by molar-refractivity contribution is 5.75. The molecule has 1 fully saturated rings. The SMILES string of the molecule is N#Cc1cc(-c2ccnc(Nc3cccc(N=CC=CN)c3)n2)ccc1OC1CCOCC1. The lowest BCUT2D eigenvalue weighted by Crippen LogP contribution is -2.26. The highest BCUT2D eigenvalue weighted by Gasteiger charge is 2.17. The number of nitrogens with zero attached hydrogens (tertiary/aromatic N) is 4. The van der Waals surface area contributed by atoms with Gasteiger partial charge in [0.2, 0.25) is 5.95 Å². The summed E-state index contributed by atoms with van der Waals surface area (Å²) in [6.07, 6.45) is 8.09. The third-order valence-electron chi connectivity index (χ3n) is 5.04. The Morgan fingerprint density at radius 3 is 2.88 bits per heavy atom. The van der Waals surface area contributed by atoms with Crippen molar-refractivity contribution in [1.29, 1.82) is 5.26 Å². The largest absolute Gasteiger partial charge is 0.489 e. The van der Waals surface area contributed by atoms with E-state index in [4.69, 9.17) is 15.2 Å². The van der Waals surface area contributed by atoms with Crippen LogP contribution in [0.15, 0.2) is 72.0 Å².